The molecule has 0 saturated carbocycles. The van der Waals surface area contributed by atoms with Crippen molar-refractivity contribution in [1.29, 1.82) is 0 Å². The van der Waals surface area contributed by atoms with Crippen molar-refractivity contribution >= 4 is 43.1 Å². The molecule has 1 aliphatic heterocycles. The highest BCUT2D eigenvalue weighted by Crippen LogP contribution is 2.58. The Labute approximate surface area is 319 Å². The third kappa shape index (κ3) is 5.22. The van der Waals surface area contributed by atoms with E-state index in [1.54, 1.807) is 103 Å². The van der Waals surface area contributed by atoms with Crippen molar-refractivity contribution in [2.45, 2.75) is 11.8 Å². The summed E-state index contributed by atoms with van der Waals surface area (Å²) < 4.78 is 6.06. The van der Waals surface area contributed by atoms with Crippen molar-refractivity contribution < 1.29 is 40.5 Å². The van der Waals surface area contributed by atoms with Crippen molar-refractivity contribution in [3.8, 4) is 51.7 Å². The predicted octanol–water partition coefficient (Wildman–Crippen LogP) is 10.7. The second-order valence-electron chi connectivity index (χ2n) is 14.4. The van der Waals surface area contributed by atoms with Crippen LogP contribution in [0.3, 0.4) is 0 Å². The maximum absolute atomic E-state index is 11.7. The van der Waals surface area contributed by atoms with Gasteiger partial charge in [-0.3, -0.25) is 0 Å². The molecule has 272 valence electrons. The topological polar surface area (TPSA) is 154 Å². The summed E-state index contributed by atoms with van der Waals surface area (Å²) in [5, 5.41) is 82.4. The molecule has 8 nitrogen and oxygen atoms in total. The van der Waals surface area contributed by atoms with Crippen molar-refractivity contribution in [3.63, 3.8) is 0 Å². The van der Waals surface area contributed by atoms with Gasteiger partial charge in [0, 0.05) is 34.1 Å². The van der Waals surface area contributed by atoms with Crippen molar-refractivity contribution in [3.05, 3.63) is 173 Å². The van der Waals surface area contributed by atoms with Gasteiger partial charge in [-0.15, -0.1) is 0 Å². The first-order chi connectivity index (χ1) is 27.1. The van der Waals surface area contributed by atoms with E-state index in [0.29, 0.717) is 49.7 Å². The number of phenols is 7. The number of benzene rings is 9. The molecule has 1 aliphatic rings. The van der Waals surface area contributed by atoms with Gasteiger partial charge in [0.15, 0.2) is 11.5 Å². The van der Waals surface area contributed by atoms with Crippen LogP contribution < -0.4 is 4.74 Å². The van der Waals surface area contributed by atoms with Gasteiger partial charge in [0.05, 0.1) is 0 Å². The number of fused-ring (bicyclic) bond motifs is 5. The minimum atomic E-state index is -0.736. The van der Waals surface area contributed by atoms with Gasteiger partial charge in [-0.25, -0.2) is 0 Å². The number of hydrogen-bond acceptors (Lipinski definition) is 8. The maximum atomic E-state index is 11.7. The van der Waals surface area contributed by atoms with E-state index in [1.165, 1.54) is 0 Å². The minimum absolute atomic E-state index is 0.00604. The van der Waals surface area contributed by atoms with Crippen LogP contribution in [0.5, 0.6) is 51.7 Å². The molecule has 0 spiro atoms. The Morgan fingerprint density at radius 3 is 1.05 bits per heavy atom. The summed E-state index contributed by atoms with van der Waals surface area (Å²) >= 11 is 0. The van der Waals surface area contributed by atoms with Gasteiger partial charge in [0.2, 0.25) is 0 Å². The highest BCUT2D eigenvalue weighted by atomic mass is 16.6. The first kappa shape index (κ1) is 33.0. The standard InChI is InChI=1S/C48H32O8/c49-30-8-12-34-26(19-30)5-16-38(53)44(34)42(45-35-13-9-31(50)20-27(35)6-17-39(45)54)24-1-3-25(4-2-24)43(46-36-14-10-32(51)21-28(36)7-18-40(46)55)47-37-15-11-33(52)22-29(37)23-41-48(47)56-41/h1-23,42-43,49-55H. The second-order valence-corrected chi connectivity index (χ2v) is 14.4. The molecular formula is C48H32O8. The molecule has 1 heterocycles. The lowest BCUT2D eigenvalue weighted by molar-refractivity contribution is 0.460. The number of hydrogen-bond donors (Lipinski definition) is 7. The molecule has 10 rings (SSSR count). The molecule has 0 radical (unpaired) electrons. The highest BCUT2D eigenvalue weighted by Gasteiger charge is 2.36. The Kier molecular flexibility index (Phi) is 7.21. The molecule has 0 saturated heterocycles. The molecule has 0 aromatic heterocycles. The van der Waals surface area contributed by atoms with Gasteiger partial charge < -0.3 is 40.5 Å². The first-order valence-corrected chi connectivity index (χ1v) is 18.0. The molecule has 1 atom stereocenters. The Bertz CT molecular complexity index is 2810. The molecule has 0 bridgehead atoms. The van der Waals surface area contributed by atoms with Crippen LogP contribution in [0.15, 0.2) is 140 Å². The summed E-state index contributed by atoms with van der Waals surface area (Å²) in [7, 11) is 0. The van der Waals surface area contributed by atoms with Crippen LogP contribution in [0.2, 0.25) is 0 Å². The number of aromatic hydroxyl groups is 7. The zero-order chi connectivity index (χ0) is 38.4. The third-order valence-electron chi connectivity index (χ3n) is 11.1. The molecule has 9 aromatic carbocycles. The summed E-state index contributed by atoms with van der Waals surface area (Å²) in [5.41, 5.74) is 3.95. The van der Waals surface area contributed by atoms with Crippen LogP contribution in [0.4, 0.5) is 0 Å². The fourth-order valence-electron chi connectivity index (χ4n) is 8.57. The summed E-state index contributed by atoms with van der Waals surface area (Å²) in [6.45, 7) is 0. The minimum Gasteiger partial charge on any atom is -0.508 e. The van der Waals surface area contributed by atoms with Crippen molar-refractivity contribution in [1.82, 2.24) is 0 Å². The lowest BCUT2D eigenvalue weighted by Crippen LogP contribution is -2.08. The first-order valence-electron chi connectivity index (χ1n) is 18.0. The van der Waals surface area contributed by atoms with Crippen molar-refractivity contribution in [2.75, 3.05) is 0 Å². The smallest absolute Gasteiger partial charge is 0.174 e. The van der Waals surface area contributed by atoms with Crippen LogP contribution in [0, 0.1) is 0 Å². The quantitative estimate of drug-likeness (QED) is 0.0657. The largest absolute Gasteiger partial charge is 0.508 e. The van der Waals surface area contributed by atoms with E-state index in [1.807, 2.05) is 36.4 Å². The molecule has 1 unspecified atom stereocenters. The fraction of sp³-hybridized carbons (Fsp3) is 0.0417. The Morgan fingerprint density at radius 2 is 0.661 bits per heavy atom. The monoisotopic (exact) mass is 736 g/mol. The van der Waals surface area contributed by atoms with Gasteiger partial charge in [0.25, 0.3) is 0 Å². The molecule has 8 heteroatoms. The second kappa shape index (κ2) is 12.2. The predicted molar refractivity (Wildman–Crippen MR) is 216 cm³/mol. The Hall–Kier alpha value is -7.58. The van der Waals surface area contributed by atoms with Gasteiger partial charge in [-0.05, 0) is 127 Å². The van der Waals surface area contributed by atoms with Crippen LogP contribution in [0.25, 0.3) is 43.1 Å². The lowest BCUT2D eigenvalue weighted by Gasteiger charge is -2.26. The van der Waals surface area contributed by atoms with Crippen LogP contribution in [-0.4, -0.2) is 35.7 Å². The normalized spacial score (nSPS) is 12.7. The van der Waals surface area contributed by atoms with Crippen molar-refractivity contribution in [2.24, 2.45) is 0 Å². The number of ether oxygens (including phenoxy) is 1. The molecule has 56 heavy (non-hydrogen) atoms. The van der Waals surface area contributed by atoms with Gasteiger partial charge in [0.1, 0.15) is 40.2 Å². The van der Waals surface area contributed by atoms with E-state index in [-0.39, 0.29) is 40.2 Å². The van der Waals surface area contributed by atoms with Gasteiger partial charge in [-0.2, -0.15) is 0 Å². The van der Waals surface area contributed by atoms with E-state index in [9.17, 15) is 35.7 Å². The lowest BCUT2D eigenvalue weighted by atomic mass is 9.77. The molecule has 9 aromatic rings. The average Bonchev–Trinajstić information content (AvgIpc) is 3.96. The fourth-order valence-corrected chi connectivity index (χ4v) is 8.57. The Morgan fingerprint density at radius 1 is 0.321 bits per heavy atom. The number of phenolic OH excluding ortho intramolecular Hbond substituents is 7. The van der Waals surface area contributed by atoms with E-state index in [2.05, 4.69) is 0 Å². The SMILES string of the molecule is Oc1ccc2c(C(c3ccc(C(c4c(O)ccc5cc(O)ccc45)c4c5c(cc6cc(O)ccc46)O5)cc3)c3c(O)ccc4cc(O)ccc34)c(O)ccc2c1. The zero-order valence-electron chi connectivity index (χ0n) is 29.5. The van der Waals surface area contributed by atoms with Gasteiger partial charge >= 0.3 is 0 Å². The maximum Gasteiger partial charge on any atom is 0.174 e. The van der Waals surface area contributed by atoms with E-state index < -0.39 is 11.8 Å². The van der Waals surface area contributed by atoms with Crippen LogP contribution in [-0.2, 0) is 0 Å². The molecule has 0 fully saturated rings. The molecule has 0 aliphatic carbocycles. The Balaban J connectivity index is 1.24. The van der Waals surface area contributed by atoms with Gasteiger partial charge in [-0.1, -0.05) is 66.7 Å². The summed E-state index contributed by atoms with van der Waals surface area (Å²) in [5.74, 6) is 0.408. The molecule has 0 amide bonds. The van der Waals surface area contributed by atoms with Crippen LogP contribution >= 0.6 is 0 Å². The third-order valence-corrected chi connectivity index (χ3v) is 11.1. The average molecular weight is 737 g/mol. The van der Waals surface area contributed by atoms with E-state index >= 15 is 0 Å². The zero-order valence-corrected chi connectivity index (χ0v) is 29.5. The van der Waals surface area contributed by atoms with Crippen LogP contribution in [0.1, 0.15) is 45.2 Å². The molecular weight excluding hydrogens is 705 g/mol. The number of rotatable bonds is 6. The molecule has 7 N–H and O–H groups in total. The van der Waals surface area contributed by atoms with E-state index in [4.69, 9.17) is 4.74 Å². The highest BCUT2D eigenvalue weighted by molar-refractivity contribution is 5.98. The summed E-state index contributed by atoms with van der Waals surface area (Å²) in [4.78, 5) is 0. The summed E-state index contributed by atoms with van der Waals surface area (Å²) in [6.07, 6.45) is 0. The van der Waals surface area contributed by atoms with E-state index in [0.717, 1.165) is 38.2 Å². The summed E-state index contributed by atoms with van der Waals surface area (Å²) in [6, 6.07) is 39.7.